The number of H-pyrrole nitrogens is 1. The molecule has 12 heteroatoms. The van der Waals surface area contributed by atoms with Gasteiger partial charge >= 0.3 is 5.97 Å². The average Bonchev–Trinajstić information content (AvgIpc) is 3.34. The number of carbonyl (C=O) groups is 5. The van der Waals surface area contributed by atoms with Crippen LogP contribution >= 0.6 is 0 Å². The van der Waals surface area contributed by atoms with Crippen LogP contribution in [0.15, 0.2) is 60.8 Å². The normalized spacial score (nSPS) is 14.0. The number of fused-ring (bicyclic) bond motifs is 1. The van der Waals surface area contributed by atoms with E-state index in [-0.39, 0.29) is 18.8 Å². The van der Waals surface area contributed by atoms with E-state index < -0.39 is 60.2 Å². The number of para-hydroxylation sites is 1. The van der Waals surface area contributed by atoms with Crippen molar-refractivity contribution in [2.45, 2.75) is 57.3 Å². The van der Waals surface area contributed by atoms with Crippen molar-refractivity contribution in [1.29, 1.82) is 0 Å². The Morgan fingerprint density at radius 1 is 0.805 bits per heavy atom. The molecule has 9 N–H and O–H groups in total. The number of primary amides is 1. The van der Waals surface area contributed by atoms with Gasteiger partial charge in [0.25, 0.3) is 0 Å². The summed E-state index contributed by atoms with van der Waals surface area (Å²) >= 11 is 0. The van der Waals surface area contributed by atoms with Crippen molar-refractivity contribution in [3.05, 3.63) is 71.9 Å². The fourth-order valence-corrected chi connectivity index (χ4v) is 4.31. The van der Waals surface area contributed by atoms with Crippen molar-refractivity contribution < 1.29 is 29.1 Å². The van der Waals surface area contributed by atoms with Crippen molar-refractivity contribution >= 4 is 40.5 Å². The van der Waals surface area contributed by atoms with E-state index in [2.05, 4.69) is 20.9 Å². The van der Waals surface area contributed by atoms with E-state index in [0.29, 0.717) is 11.1 Å². The molecule has 4 atom stereocenters. The quantitative estimate of drug-likeness (QED) is 0.146. The highest BCUT2D eigenvalue weighted by atomic mass is 16.4. The van der Waals surface area contributed by atoms with Gasteiger partial charge in [-0.25, -0.2) is 4.79 Å². The van der Waals surface area contributed by atoms with Crippen LogP contribution in [0.3, 0.4) is 0 Å². The number of carboxylic acids is 1. The number of nitrogens with two attached hydrogens (primary N) is 2. The smallest absolute Gasteiger partial charge is 0.326 e. The molecule has 0 aliphatic heterocycles. The first kappa shape index (κ1) is 30.8. The summed E-state index contributed by atoms with van der Waals surface area (Å²) in [7, 11) is 0. The molecule has 3 aromatic rings. The summed E-state index contributed by atoms with van der Waals surface area (Å²) in [5.74, 6) is -4.60. The zero-order valence-corrected chi connectivity index (χ0v) is 22.9. The van der Waals surface area contributed by atoms with Gasteiger partial charge < -0.3 is 37.5 Å². The molecule has 0 spiro atoms. The molecule has 4 unspecified atom stereocenters. The number of aromatic amines is 1. The predicted octanol–water partition coefficient (Wildman–Crippen LogP) is 0.351. The Labute approximate surface area is 237 Å². The van der Waals surface area contributed by atoms with Crippen LogP contribution in [0.4, 0.5) is 0 Å². The van der Waals surface area contributed by atoms with Crippen LogP contribution < -0.4 is 27.4 Å². The van der Waals surface area contributed by atoms with Gasteiger partial charge in [-0.15, -0.1) is 0 Å². The Hall–Kier alpha value is -4.71. The summed E-state index contributed by atoms with van der Waals surface area (Å²) in [6.07, 6.45) is 1.17. The number of rotatable bonds is 14. The highest BCUT2D eigenvalue weighted by molar-refractivity contribution is 5.96. The standard InChI is InChI=1S/C29H36N6O6/c1-16(2)25(31)28(39)34-22(14-24(30)36)27(38)33-21(12-17-8-4-3-5-9-17)26(37)35-23(29(40)41)13-18-15-32-20-11-7-6-10-19(18)20/h3-11,15-16,21-23,25,32H,12-14,31H2,1-2H3,(H2,30,36)(H,33,38)(H,34,39)(H,35,37)(H,40,41). The maximum absolute atomic E-state index is 13.5. The number of hydrogen-bond donors (Lipinski definition) is 7. The molecule has 4 amide bonds. The molecular weight excluding hydrogens is 528 g/mol. The molecule has 2 aromatic carbocycles. The van der Waals surface area contributed by atoms with Crippen LogP contribution in [0.5, 0.6) is 0 Å². The molecule has 0 aliphatic rings. The molecule has 0 radical (unpaired) electrons. The number of amides is 4. The van der Waals surface area contributed by atoms with Gasteiger partial charge in [0.15, 0.2) is 0 Å². The van der Waals surface area contributed by atoms with Gasteiger partial charge in [-0.2, -0.15) is 0 Å². The lowest BCUT2D eigenvalue weighted by Crippen LogP contribution is -2.58. The van der Waals surface area contributed by atoms with Crippen LogP contribution in [-0.2, 0) is 36.8 Å². The minimum absolute atomic E-state index is 0.00939. The maximum Gasteiger partial charge on any atom is 0.326 e. The highest BCUT2D eigenvalue weighted by Crippen LogP contribution is 2.19. The fraction of sp³-hybridized carbons (Fsp3) is 0.345. The van der Waals surface area contributed by atoms with Crippen LogP contribution in [-0.4, -0.2) is 63.9 Å². The Morgan fingerprint density at radius 2 is 1.39 bits per heavy atom. The molecule has 3 rings (SSSR count). The van der Waals surface area contributed by atoms with E-state index in [1.807, 2.05) is 24.3 Å². The molecule has 12 nitrogen and oxygen atoms in total. The van der Waals surface area contributed by atoms with Crippen molar-refractivity contribution in [1.82, 2.24) is 20.9 Å². The van der Waals surface area contributed by atoms with E-state index in [1.54, 1.807) is 50.4 Å². The van der Waals surface area contributed by atoms with Crippen LogP contribution in [0.1, 0.15) is 31.4 Å². The van der Waals surface area contributed by atoms with Crippen LogP contribution in [0.25, 0.3) is 10.9 Å². The Kier molecular flexibility index (Phi) is 10.6. The summed E-state index contributed by atoms with van der Waals surface area (Å²) in [4.78, 5) is 66.2. The number of nitrogens with one attached hydrogen (secondary N) is 4. The number of aliphatic carboxylic acids is 1. The third-order valence-corrected chi connectivity index (χ3v) is 6.69. The summed E-state index contributed by atoms with van der Waals surface area (Å²) in [6, 6.07) is 11.3. The lowest BCUT2D eigenvalue weighted by Gasteiger charge is -2.25. The maximum atomic E-state index is 13.5. The molecule has 0 bridgehead atoms. The molecular formula is C29H36N6O6. The van der Waals surface area contributed by atoms with Gasteiger partial charge in [0.1, 0.15) is 18.1 Å². The molecule has 1 aromatic heterocycles. The lowest BCUT2D eigenvalue weighted by atomic mass is 10.0. The third kappa shape index (κ3) is 8.64. The van der Waals surface area contributed by atoms with E-state index in [1.165, 1.54) is 0 Å². The van der Waals surface area contributed by atoms with E-state index in [9.17, 15) is 29.1 Å². The summed E-state index contributed by atoms with van der Waals surface area (Å²) in [6.45, 7) is 3.45. The van der Waals surface area contributed by atoms with Gasteiger partial charge in [-0.3, -0.25) is 19.2 Å². The van der Waals surface area contributed by atoms with Gasteiger partial charge in [0, 0.05) is 29.9 Å². The molecule has 41 heavy (non-hydrogen) atoms. The molecule has 1 heterocycles. The van der Waals surface area contributed by atoms with E-state index >= 15 is 0 Å². The minimum Gasteiger partial charge on any atom is -0.480 e. The van der Waals surface area contributed by atoms with Crippen molar-refractivity contribution in [3.63, 3.8) is 0 Å². The molecule has 0 fully saturated rings. The predicted molar refractivity (Wildman–Crippen MR) is 152 cm³/mol. The Morgan fingerprint density at radius 3 is 2.02 bits per heavy atom. The zero-order chi connectivity index (χ0) is 30.1. The molecule has 0 aliphatic carbocycles. The number of benzene rings is 2. The number of hydrogen-bond acceptors (Lipinski definition) is 6. The fourth-order valence-electron chi connectivity index (χ4n) is 4.31. The van der Waals surface area contributed by atoms with E-state index in [4.69, 9.17) is 11.5 Å². The molecule has 0 saturated heterocycles. The SMILES string of the molecule is CC(C)C(N)C(=O)NC(CC(N)=O)C(=O)NC(Cc1ccccc1)C(=O)NC(Cc1c[nH]c2ccccc12)C(=O)O. The minimum atomic E-state index is -1.39. The molecule has 0 saturated carbocycles. The Balaban J connectivity index is 1.82. The van der Waals surface area contributed by atoms with Crippen LogP contribution in [0, 0.1) is 5.92 Å². The first-order valence-electron chi connectivity index (χ1n) is 13.2. The molecule has 218 valence electrons. The van der Waals surface area contributed by atoms with Gasteiger partial charge in [0.05, 0.1) is 12.5 Å². The number of carboxylic acid groups (broad SMARTS) is 1. The van der Waals surface area contributed by atoms with Gasteiger partial charge in [-0.1, -0.05) is 62.4 Å². The van der Waals surface area contributed by atoms with Crippen molar-refractivity contribution in [2.24, 2.45) is 17.4 Å². The topological polar surface area (TPSA) is 209 Å². The monoisotopic (exact) mass is 564 g/mol. The number of aromatic nitrogens is 1. The summed E-state index contributed by atoms with van der Waals surface area (Å²) < 4.78 is 0. The first-order chi connectivity index (χ1) is 19.5. The summed E-state index contributed by atoms with van der Waals surface area (Å²) in [5.41, 5.74) is 13.4. The van der Waals surface area contributed by atoms with E-state index in [0.717, 1.165) is 10.9 Å². The Bertz CT molecular complexity index is 1390. The average molecular weight is 565 g/mol. The number of carbonyl (C=O) groups excluding carboxylic acids is 4. The van der Waals surface area contributed by atoms with Gasteiger partial charge in [-0.05, 0) is 23.1 Å². The summed E-state index contributed by atoms with van der Waals surface area (Å²) in [5, 5.41) is 18.3. The lowest BCUT2D eigenvalue weighted by molar-refractivity contribution is -0.142. The third-order valence-electron chi connectivity index (χ3n) is 6.69. The second kappa shape index (κ2) is 14.1. The first-order valence-corrected chi connectivity index (χ1v) is 13.2. The van der Waals surface area contributed by atoms with Gasteiger partial charge in [0.2, 0.25) is 23.6 Å². The highest BCUT2D eigenvalue weighted by Gasteiger charge is 2.32. The second-order valence-electron chi connectivity index (χ2n) is 10.2. The van der Waals surface area contributed by atoms with Crippen molar-refractivity contribution in [3.8, 4) is 0 Å². The van der Waals surface area contributed by atoms with Crippen LogP contribution in [0.2, 0.25) is 0 Å². The largest absolute Gasteiger partial charge is 0.480 e. The second-order valence-corrected chi connectivity index (χ2v) is 10.2. The zero-order valence-electron chi connectivity index (χ0n) is 22.9. The van der Waals surface area contributed by atoms with Crippen molar-refractivity contribution in [2.75, 3.05) is 0 Å².